The topological polar surface area (TPSA) is 30.5 Å². The number of fused-ring (bicyclic) bond motifs is 1. The summed E-state index contributed by atoms with van der Waals surface area (Å²) in [5.41, 5.74) is 2.57. The van der Waals surface area contributed by atoms with Gasteiger partial charge >= 0.3 is 0 Å². The van der Waals surface area contributed by atoms with E-state index >= 15 is 0 Å². The molecule has 0 spiro atoms. The van der Waals surface area contributed by atoms with E-state index in [-0.39, 0.29) is 5.60 Å². The first-order valence-corrected chi connectivity index (χ1v) is 7.25. The first kappa shape index (κ1) is 12.9. The Kier molecular flexibility index (Phi) is 3.50. The Morgan fingerprint density at radius 2 is 2.05 bits per heavy atom. The van der Waals surface area contributed by atoms with Gasteiger partial charge in [0.2, 0.25) is 0 Å². The van der Waals surface area contributed by atoms with E-state index in [4.69, 9.17) is 9.47 Å². The first-order valence-electron chi connectivity index (χ1n) is 7.25. The van der Waals surface area contributed by atoms with E-state index in [1.54, 1.807) is 0 Å². The molecule has 0 bridgehead atoms. The second kappa shape index (κ2) is 5.14. The van der Waals surface area contributed by atoms with Crippen molar-refractivity contribution in [1.29, 1.82) is 0 Å². The molecule has 1 saturated heterocycles. The van der Waals surface area contributed by atoms with Crippen molar-refractivity contribution < 1.29 is 9.47 Å². The lowest BCUT2D eigenvalue weighted by Crippen LogP contribution is -2.34. The molecule has 1 aromatic rings. The highest BCUT2D eigenvalue weighted by Crippen LogP contribution is 2.37. The van der Waals surface area contributed by atoms with Crippen LogP contribution in [-0.4, -0.2) is 24.9 Å². The number of nitrogens with one attached hydrogen (secondary N) is 1. The van der Waals surface area contributed by atoms with E-state index in [1.165, 1.54) is 11.1 Å². The van der Waals surface area contributed by atoms with Crippen LogP contribution in [0.2, 0.25) is 0 Å². The van der Waals surface area contributed by atoms with Crippen molar-refractivity contribution in [2.75, 3.05) is 13.2 Å². The number of para-hydroxylation sites is 1. The van der Waals surface area contributed by atoms with Gasteiger partial charge in [-0.2, -0.15) is 0 Å². The second-order valence-corrected chi connectivity index (χ2v) is 6.21. The molecule has 0 saturated carbocycles. The Bertz CT molecular complexity index is 450. The quantitative estimate of drug-likeness (QED) is 0.907. The van der Waals surface area contributed by atoms with Crippen LogP contribution in [0.3, 0.4) is 0 Å². The van der Waals surface area contributed by atoms with Crippen LogP contribution >= 0.6 is 0 Å². The van der Waals surface area contributed by atoms with Crippen LogP contribution in [0.1, 0.15) is 37.8 Å². The predicted octanol–water partition coefficient (Wildman–Crippen LogP) is 2.67. The van der Waals surface area contributed by atoms with Gasteiger partial charge in [0.15, 0.2) is 0 Å². The Balaban J connectivity index is 1.67. The van der Waals surface area contributed by atoms with Gasteiger partial charge in [0, 0.05) is 37.8 Å². The van der Waals surface area contributed by atoms with Crippen LogP contribution in [0, 0.1) is 0 Å². The van der Waals surface area contributed by atoms with Crippen LogP contribution in [-0.2, 0) is 17.7 Å². The summed E-state index contributed by atoms with van der Waals surface area (Å²) in [5, 5.41) is 3.63. The molecule has 0 atom stereocenters. The zero-order valence-corrected chi connectivity index (χ0v) is 11.9. The zero-order valence-electron chi connectivity index (χ0n) is 11.9. The summed E-state index contributed by atoms with van der Waals surface area (Å²) in [6.45, 7) is 6.97. The smallest absolute Gasteiger partial charge is 0.127 e. The molecule has 3 rings (SSSR count). The summed E-state index contributed by atoms with van der Waals surface area (Å²) in [6.07, 6.45) is 3.23. The molecule has 1 aromatic carbocycles. The van der Waals surface area contributed by atoms with Crippen molar-refractivity contribution in [3.8, 4) is 5.75 Å². The molecule has 3 nitrogen and oxygen atoms in total. The molecule has 1 fully saturated rings. The lowest BCUT2D eigenvalue weighted by atomic mass is 10.0. The maximum Gasteiger partial charge on any atom is 0.127 e. The number of benzene rings is 1. The highest BCUT2D eigenvalue weighted by molar-refractivity contribution is 5.45. The Morgan fingerprint density at radius 3 is 2.84 bits per heavy atom. The predicted molar refractivity (Wildman–Crippen MR) is 75.5 cm³/mol. The largest absolute Gasteiger partial charge is 0.487 e. The normalized spacial score (nSPS) is 22.0. The minimum atomic E-state index is -0.0584. The van der Waals surface area contributed by atoms with Crippen LogP contribution in [0.15, 0.2) is 18.2 Å². The van der Waals surface area contributed by atoms with E-state index in [9.17, 15) is 0 Å². The monoisotopic (exact) mass is 261 g/mol. The fraction of sp³-hybridized carbons (Fsp3) is 0.625. The second-order valence-electron chi connectivity index (χ2n) is 6.21. The number of ether oxygens (including phenoxy) is 2. The molecule has 0 aromatic heterocycles. The van der Waals surface area contributed by atoms with Crippen molar-refractivity contribution in [2.45, 2.75) is 51.3 Å². The van der Waals surface area contributed by atoms with Crippen LogP contribution < -0.4 is 10.1 Å². The van der Waals surface area contributed by atoms with Gasteiger partial charge in [-0.3, -0.25) is 0 Å². The minimum Gasteiger partial charge on any atom is -0.487 e. The number of hydrogen-bond acceptors (Lipinski definition) is 3. The van der Waals surface area contributed by atoms with Crippen LogP contribution in [0.4, 0.5) is 0 Å². The molecule has 1 N–H and O–H groups in total. The first-order chi connectivity index (χ1) is 9.14. The Morgan fingerprint density at radius 1 is 1.26 bits per heavy atom. The molecule has 0 radical (unpaired) electrons. The third kappa shape index (κ3) is 2.93. The lowest BCUT2D eigenvalue weighted by Gasteiger charge is -2.24. The maximum absolute atomic E-state index is 6.10. The molecular weight excluding hydrogens is 238 g/mol. The van der Waals surface area contributed by atoms with Crippen molar-refractivity contribution in [3.05, 3.63) is 29.3 Å². The van der Waals surface area contributed by atoms with Crippen molar-refractivity contribution >= 4 is 0 Å². The lowest BCUT2D eigenvalue weighted by molar-refractivity contribution is 0.0774. The van der Waals surface area contributed by atoms with E-state index < -0.39 is 0 Å². The molecule has 0 unspecified atom stereocenters. The highest BCUT2D eigenvalue weighted by atomic mass is 16.5. The fourth-order valence-electron chi connectivity index (χ4n) is 2.97. The summed E-state index contributed by atoms with van der Waals surface area (Å²) in [7, 11) is 0. The molecule has 3 heteroatoms. The van der Waals surface area contributed by atoms with Gasteiger partial charge in [0.25, 0.3) is 0 Å². The van der Waals surface area contributed by atoms with E-state index in [2.05, 4.69) is 37.4 Å². The third-order valence-corrected chi connectivity index (χ3v) is 3.98. The van der Waals surface area contributed by atoms with Gasteiger partial charge in [-0.15, -0.1) is 0 Å². The standard InChI is InChI=1S/C16H23NO2/c1-16(2)10-12-4-3-5-13(15(12)19-16)11-17-14-6-8-18-9-7-14/h3-5,14,17H,6-11H2,1-2H3. The molecule has 19 heavy (non-hydrogen) atoms. The summed E-state index contributed by atoms with van der Waals surface area (Å²) in [5.74, 6) is 1.10. The minimum absolute atomic E-state index is 0.0584. The number of rotatable bonds is 3. The molecule has 0 aliphatic carbocycles. The highest BCUT2D eigenvalue weighted by Gasteiger charge is 2.31. The zero-order chi connectivity index (χ0) is 13.3. The molecule has 0 amide bonds. The molecule has 2 aliphatic heterocycles. The summed E-state index contributed by atoms with van der Waals surface area (Å²) < 4.78 is 11.5. The van der Waals surface area contributed by atoms with Gasteiger partial charge in [-0.1, -0.05) is 18.2 Å². The van der Waals surface area contributed by atoms with Gasteiger partial charge in [0.1, 0.15) is 11.4 Å². The number of hydrogen-bond donors (Lipinski definition) is 1. The van der Waals surface area contributed by atoms with E-state index in [1.807, 2.05) is 0 Å². The fourth-order valence-corrected chi connectivity index (χ4v) is 2.97. The average Bonchev–Trinajstić information content (AvgIpc) is 2.72. The van der Waals surface area contributed by atoms with Crippen molar-refractivity contribution in [2.24, 2.45) is 0 Å². The van der Waals surface area contributed by atoms with Gasteiger partial charge in [-0.05, 0) is 32.3 Å². The maximum atomic E-state index is 6.10. The summed E-state index contributed by atoms with van der Waals surface area (Å²) in [4.78, 5) is 0. The van der Waals surface area contributed by atoms with Gasteiger partial charge < -0.3 is 14.8 Å². The molecule has 2 heterocycles. The van der Waals surface area contributed by atoms with Crippen molar-refractivity contribution in [1.82, 2.24) is 5.32 Å². The molecule has 104 valence electrons. The van der Waals surface area contributed by atoms with Gasteiger partial charge in [0.05, 0.1) is 0 Å². The molecule has 2 aliphatic rings. The third-order valence-electron chi connectivity index (χ3n) is 3.98. The molecular formula is C16H23NO2. The van der Waals surface area contributed by atoms with Gasteiger partial charge in [-0.25, -0.2) is 0 Å². The van der Waals surface area contributed by atoms with Crippen LogP contribution in [0.5, 0.6) is 5.75 Å². The average molecular weight is 261 g/mol. The van der Waals surface area contributed by atoms with E-state index in [0.717, 1.165) is 44.8 Å². The van der Waals surface area contributed by atoms with Crippen molar-refractivity contribution in [3.63, 3.8) is 0 Å². The van der Waals surface area contributed by atoms with Crippen LogP contribution in [0.25, 0.3) is 0 Å². The Labute approximate surface area is 115 Å². The summed E-state index contributed by atoms with van der Waals surface area (Å²) in [6, 6.07) is 7.08. The summed E-state index contributed by atoms with van der Waals surface area (Å²) >= 11 is 0. The SMILES string of the molecule is CC1(C)Cc2cccc(CNC3CCOCC3)c2O1. The van der Waals surface area contributed by atoms with E-state index in [0.29, 0.717) is 6.04 Å². The Hall–Kier alpha value is -1.06.